The van der Waals surface area contributed by atoms with Gasteiger partial charge in [-0.3, -0.25) is 9.59 Å². The molecule has 0 saturated heterocycles. The van der Waals surface area contributed by atoms with Gasteiger partial charge in [-0.25, -0.2) is 0 Å². The number of carbonyl (C=O) groups is 2. The van der Waals surface area contributed by atoms with Crippen LogP contribution in [0.4, 0.5) is 5.69 Å². The van der Waals surface area contributed by atoms with E-state index in [-0.39, 0.29) is 11.8 Å². The summed E-state index contributed by atoms with van der Waals surface area (Å²) in [6, 6.07) is 16.0. The Labute approximate surface area is 223 Å². The third-order valence-electron chi connectivity index (χ3n) is 7.05. The van der Waals surface area contributed by atoms with Crippen molar-refractivity contribution >= 4 is 17.5 Å². The first-order valence-electron chi connectivity index (χ1n) is 12.4. The van der Waals surface area contributed by atoms with Crippen molar-refractivity contribution in [1.82, 2.24) is 4.90 Å². The molecule has 3 aromatic rings. The molecule has 200 valence electrons. The van der Waals surface area contributed by atoms with Crippen LogP contribution in [0, 0.1) is 0 Å². The van der Waals surface area contributed by atoms with Crippen molar-refractivity contribution in [3.05, 3.63) is 76.9 Å². The number of amides is 2. The average Bonchev–Trinajstić information content (AvgIpc) is 2.93. The zero-order valence-electron chi connectivity index (χ0n) is 22.8. The predicted octanol–water partition coefficient (Wildman–Crippen LogP) is 5.39. The maximum atomic E-state index is 14.0. The van der Waals surface area contributed by atoms with E-state index in [2.05, 4.69) is 19.2 Å². The standard InChI is InChI=1S/C30H34N2O6/c1-17(2)18-8-11-20(12-9-18)31-29(33)27-21-15-25(37-6)26(38-7)16-22(21)30(34)32(3)28(27)19-10-13-23(35-4)24(14-19)36-5/h8-17,27-28H,1-7H3,(H,31,33)/t27-,28-/m1/s1. The summed E-state index contributed by atoms with van der Waals surface area (Å²) < 4.78 is 21.9. The zero-order chi connectivity index (χ0) is 27.6. The first-order valence-corrected chi connectivity index (χ1v) is 12.4. The van der Waals surface area contributed by atoms with Crippen LogP contribution in [0.3, 0.4) is 0 Å². The molecule has 1 aliphatic rings. The molecule has 8 heteroatoms. The number of hydrogen-bond acceptors (Lipinski definition) is 6. The summed E-state index contributed by atoms with van der Waals surface area (Å²) in [5.41, 5.74) is 3.52. The van der Waals surface area contributed by atoms with Gasteiger partial charge in [0.15, 0.2) is 23.0 Å². The lowest BCUT2D eigenvalue weighted by Gasteiger charge is -2.40. The highest BCUT2D eigenvalue weighted by atomic mass is 16.5. The molecule has 0 spiro atoms. The number of methoxy groups -OCH3 is 4. The summed E-state index contributed by atoms with van der Waals surface area (Å²) in [6.07, 6.45) is 0. The van der Waals surface area contributed by atoms with Crippen LogP contribution in [0.15, 0.2) is 54.6 Å². The molecule has 1 N–H and O–H groups in total. The third kappa shape index (κ3) is 4.86. The van der Waals surface area contributed by atoms with Gasteiger partial charge in [0.05, 0.1) is 40.4 Å². The Balaban J connectivity index is 1.86. The number of nitrogens with one attached hydrogen (secondary N) is 1. The normalized spacial score (nSPS) is 16.6. The Morgan fingerprint density at radius 1 is 0.816 bits per heavy atom. The van der Waals surface area contributed by atoms with Gasteiger partial charge >= 0.3 is 0 Å². The monoisotopic (exact) mass is 518 g/mol. The highest BCUT2D eigenvalue weighted by Gasteiger charge is 2.44. The second kappa shape index (κ2) is 11.0. The fraction of sp³-hybridized carbons (Fsp3) is 0.333. The summed E-state index contributed by atoms with van der Waals surface area (Å²) in [4.78, 5) is 29.2. The second-order valence-electron chi connectivity index (χ2n) is 9.51. The first kappa shape index (κ1) is 26.9. The first-order chi connectivity index (χ1) is 18.2. The molecule has 1 aliphatic heterocycles. The topological polar surface area (TPSA) is 86.3 Å². The Morgan fingerprint density at radius 2 is 1.39 bits per heavy atom. The SMILES string of the molecule is COc1ccc([C@@H]2[C@H](C(=O)Nc3ccc(C(C)C)cc3)c3cc(OC)c(OC)cc3C(=O)N2C)cc1OC. The fourth-order valence-electron chi connectivity index (χ4n) is 4.96. The highest BCUT2D eigenvalue weighted by molar-refractivity contribution is 6.05. The van der Waals surface area contributed by atoms with E-state index in [9.17, 15) is 9.59 Å². The van der Waals surface area contributed by atoms with Crippen molar-refractivity contribution in [2.24, 2.45) is 0 Å². The molecule has 3 aromatic carbocycles. The lowest BCUT2D eigenvalue weighted by molar-refractivity contribution is -0.119. The molecule has 0 aliphatic carbocycles. The smallest absolute Gasteiger partial charge is 0.254 e. The number of anilines is 1. The van der Waals surface area contributed by atoms with Gasteiger partial charge in [-0.05, 0) is 59.0 Å². The molecule has 0 bridgehead atoms. The fourth-order valence-corrected chi connectivity index (χ4v) is 4.96. The van der Waals surface area contributed by atoms with Crippen LogP contribution in [-0.4, -0.2) is 52.2 Å². The molecule has 38 heavy (non-hydrogen) atoms. The molecule has 8 nitrogen and oxygen atoms in total. The van der Waals surface area contributed by atoms with Crippen molar-refractivity contribution in [3.8, 4) is 23.0 Å². The Hall–Kier alpha value is -4.20. The number of benzene rings is 3. The van der Waals surface area contributed by atoms with Crippen LogP contribution >= 0.6 is 0 Å². The number of rotatable bonds is 8. The van der Waals surface area contributed by atoms with Gasteiger partial charge in [0, 0.05) is 18.3 Å². The van der Waals surface area contributed by atoms with Gasteiger partial charge in [0.2, 0.25) is 5.91 Å². The molecule has 1 heterocycles. The largest absolute Gasteiger partial charge is 0.493 e. The van der Waals surface area contributed by atoms with E-state index in [1.165, 1.54) is 19.8 Å². The molecular formula is C30H34N2O6. The van der Waals surface area contributed by atoms with Crippen LogP contribution < -0.4 is 24.3 Å². The Kier molecular flexibility index (Phi) is 7.80. The minimum atomic E-state index is -0.754. The number of ether oxygens (including phenoxy) is 4. The molecule has 2 amide bonds. The minimum Gasteiger partial charge on any atom is -0.493 e. The molecule has 0 radical (unpaired) electrons. The van der Waals surface area contributed by atoms with Crippen molar-refractivity contribution in [2.45, 2.75) is 31.7 Å². The number of hydrogen-bond donors (Lipinski definition) is 1. The molecule has 0 aromatic heterocycles. The van der Waals surface area contributed by atoms with E-state index in [1.807, 2.05) is 30.3 Å². The number of fused-ring (bicyclic) bond motifs is 1. The summed E-state index contributed by atoms with van der Waals surface area (Å²) in [7, 11) is 7.84. The third-order valence-corrected chi connectivity index (χ3v) is 7.05. The van der Waals surface area contributed by atoms with Crippen LogP contribution in [0.5, 0.6) is 23.0 Å². The van der Waals surface area contributed by atoms with Gasteiger partial charge in [-0.15, -0.1) is 0 Å². The van der Waals surface area contributed by atoms with Gasteiger partial charge in [0.1, 0.15) is 0 Å². The van der Waals surface area contributed by atoms with Gasteiger partial charge in [-0.2, -0.15) is 0 Å². The van der Waals surface area contributed by atoms with E-state index in [4.69, 9.17) is 18.9 Å². The molecule has 0 unspecified atom stereocenters. The van der Waals surface area contributed by atoms with Crippen LogP contribution in [0.2, 0.25) is 0 Å². The lowest BCUT2D eigenvalue weighted by Crippen LogP contribution is -2.44. The van der Waals surface area contributed by atoms with E-state index in [0.717, 1.165) is 5.56 Å². The summed E-state index contributed by atoms with van der Waals surface area (Å²) in [5, 5.41) is 3.07. The van der Waals surface area contributed by atoms with Crippen molar-refractivity contribution in [1.29, 1.82) is 0 Å². The Bertz CT molecular complexity index is 1340. The quantitative estimate of drug-likeness (QED) is 0.430. The average molecular weight is 519 g/mol. The molecule has 0 fully saturated rings. The Morgan fingerprint density at radius 3 is 1.97 bits per heavy atom. The maximum absolute atomic E-state index is 14.0. The van der Waals surface area contributed by atoms with Gasteiger partial charge < -0.3 is 29.2 Å². The number of carbonyl (C=O) groups excluding carboxylic acids is 2. The van der Waals surface area contributed by atoms with Gasteiger partial charge in [0.25, 0.3) is 5.91 Å². The molecule has 4 rings (SSSR count). The zero-order valence-corrected chi connectivity index (χ0v) is 22.8. The lowest BCUT2D eigenvalue weighted by atomic mass is 9.79. The molecular weight excluding hydrogens is 484 g/mol. The second-order valence-corrected chi connectivity index (χ2v) is 9.51. The molecule has 2 atom stereocenters. The van der Waals surface area contributed by atoms with Crippen molar-refractivity contribution in [2.75, 3.05) is 40.8 Å². The summed E-state index contributed by atoms with van der Waals surface area (Å²) in [5.74, 6) is 1.05. The van der Waals surface area contributed by atoms with Gasteiger partial charge in [-0.1, -0.05) is 32.0 Å². The van der Waals surface area contributed by atoms with Crippen molar-refractivity contribution in [3.63, 3.8) is 0 Å². The van der Waals surface area contributed by atoms with E-state index >= 15 is 0 Å². The number of likely N-dealkylation sites (N-methyl/N-ethyl adjacent to an activating group) is 1. The summed E-state index contributed by atoms with van der Waals surface area (Å²) in [6.45, 7) is 4.24. The summed E-state index contributed by atoms with van der Waals surface area (Å²) >= 11 is 0. The van der Waals surface area contributed by atoms with Crippen LogP contribution in [0.25, 0.3) is 0 Å². The van der Waals surface area contributed by atoms with E-state index in [1.54, 1.807) is 50.4 Å². The molecule has 0 saturated carbocycles. The van der Waals surface area contributed by atoms with Crippen molar-refractivity contribution < 1.29 is 28.5 Å². The van der Waals surface area contributed by atoms with E-state index < -0.39 is 12.0 Å². The highest BCUT2D eigenvalue weighted by Crippen LogP contribution is 2.47. The van der Waals surface area contributed by atoms with E-state index in [0.29, 0.717) is 45.7 Å². The maximum Gasteiger partial charge on any atom is 0.254 e. The predicted molar refractivity (Wildman–Crippen MR) is 146 cm³/mol. The minimum absolute atomic E-state index is 0.230. The van der Waals surface area contributed by atoms with Crippen LogP contribution in [-0.2, 0) is 4.79 Å². The number of nitrogens with zero attached hydrogens (tertiary/aromatic N) is 1. The van der Waals surface area contributed by atoms with Crippen LogP contribution in [0.1, 0.15) is 58.8 Å².